The summed E-state index contributed by atoms with van der Waals surface area (Å²) >= 11 is 0. The van der Waals surface area contributed by atoms with Gasteiger partial charge >= 0.3 is 0 Å². The second-order valence-electron chi connectivity index (χ2n) is 8.35. The maximum atomic E-state index is 5.27. The summed E-state index contributed by atoms with van der Waals surface area (Å²) in [4.78, 5) is 0. The van der Waals surface area contributed by atoms with Crippen LogP contribution in [0.2, 0.25) is 0 Å². The first kappa shape index (κ1) is 16.4. The summed E-state index contributed by atoms with van der Waals surface area (Å²) in [7, 11) is 1.72. The van der Waals surface area contributed by atoms with E-state index >= 15 is 0 Å². The van der Waals surface area contributed by atoms with Gasteiger partial charge in [0.25, 0.3) is 0 Å². The van der Waals surface area contributed by atoms with Gasteiger partial charge in [-0.15, -0.1) is 0 Å². The van der Waals surface area contributed by atoms with E-state index in [9.17, 15) is 0 Å². The van der Waals surface area contributed by atoms with Crippen LogP contribution in [0.5, 0.6) is 5.75 Å². The molecule has 1 aliphatic rings. The zero-order chi connectivity index (χ0) is 15.7. The highest BCUT2D eigenvalue weighted by molar-refractivity contribution is 5.30. The Bertz CT molecular complexity index is 451. The standard InChI is InChI=1S/C19H31NO/c1-18(2,3)13-19(4,5)20-17(14-7-8-14)15-9-11-16(21-6)12-10-15/h9-12,14,17,20H,7-8,13H2,1-6H3. The highest BCUT2D eigenvalue weighted by Gasteiger charge is 2.36. The molecule has 21 heavy (non-hydrogen) atoms. The summed E-state index contributed by atoms with van der Waals surface area (Å²) in [5.74, 6) is 1.72. The predicted octanol–water partition coefficient (Wildman–Crippen LogP) is 4.95. The molecule has 1 N–H and O–H groups in total. The Labute approximate surface area is 130 Å². The van der Waals surface area contributed by atoms with Gasteiger partial charge in [0.2, 0.25) is 0 Å². The third-order valence-electron chi connectivity index (χ3n) is 4.09. The van der Waals surface area contributed by atoms with Gasteiger partial charge in [0.05, 0.1) is 7.11 Å². The molecule has 0 saturated heterocycles. The van der Waals surface area contributed by atoms with Crippen molar-refractivity contribution in [1.29, 1.82) is 0 Å². The Morgan fingerprint density at radius 2 is 1.67 bits per heavy atom. The van der Waals surface area contributed by atoms with Gasteiger partial charge in [-0.1, -0.05) is 32.9 Å². The van der Waals surface area contributed by atoms with Gasteiger partial charge in [-0.2, -0.15) is 0 Å². The number of nitrogens with one attached hydrogen (secondary N) is 1. The van der Waals surface area contributed by atoms with Crippen molar-refractivity contribution in [3.8, 4) is 5.75 Å². The van der Waals surface area contributed by atoms with Gasteiger partial charge in [0.1, 0.15) is 5.75 Å². The van der Waals surface area contributed by atoms with Crippen LogP contribution < -0.4 is 10.1 Å². The lowest BCUT2D eigenvalue weighted by Crippen LogP contribution is -2.45. The number of methoxy groups -OCH3 is 1. The Kier molecular flexibility index (Phi) is 4.67. The molecule has 0 bridgehead atoms. The molecule has 2 heteroatoms. The van der Waals surface area contributed by atoms with Crippen molar-refractivity contribution in [2.24, 2.45) is 11.3 Å². The van der Waals surface area contributed by atoms with Crippen LogP contribution in [0.25, 0.3) is 0 Å². The number of rotatable bonds is 6. The average molecular weight is 289 g/mol. The molecular weight excluding hydrogens is 258 g/mol. The zero-order valence-corrected chi connectivity index (χ0v) is 14.5. The molecule has 1 unspecified atom stereocenters. The van der Waals surface area contributed by atoms with Gasteiger partial charge < -0.3 is 10.1 Å². The summed E-state index contributed by atoms with van der Waals surface area (Å²) in [6.45, 7) is 11.6. The molecule has 0 heterocycles. The van der Waals surface area contributed by atoms with Crippen LogP contribution in [0.3, 0.4) is 0 Å². The Balaban J connectivity index is 2.11. The maximum Gasteiger partial charge on any atom is 0.118 e. The molecule has 2 rings (SSSR count). The van der Waals surface area contributed by atoms with Gasteiger partial charge in [0.15, 0.2) is 0 Å². The van der Waals surface area contributed by atoms with E-state index in [1.165, 1.54) is 24.8 Å². The van der Waals surface area contributed by atoms with Crippen LogP contribution in [0.4, 0.5) is 0 Å². The van der Waals surface area contributed by atoms with Crippen LogP contribution >= 0.6 is 0 Å². The average Bonchev–Trinajstić information content (AvgIpc) is 3.17. The highest BCUT2D eigenvalue weighted by atomic mass is 16.5. The van der Waals surface area contributed by atoms with E-state index in [0.717, 1.165) is 11.7 Å². The smallest absolute Gasteiger partial charge is 0.118 e. The van der Waals surface area contributed by atoms with Crippen LogP contribution in [-0.2, 0) is 0 Å². The van der Waals surface area contributed by atoms with Gasteiger partial charge in [-0.25, -0.2) is 0 Å². The van der Waals surface area contributed by atoms with Crippen molar-refractivity contribution >= 4 is 0 Å². The molecule has 0 spiro atoms. The molecule has 1 saturated carbocycles. The van der Waals surface area contributed by atoms with E-state index in [0.29, 0.717) is 11.5 Å². The van der Waals surface area contributed by atoms with Crippen molar-refractivity contribution in [2.75, 3.05) is 7.11 Å². The van der Waals surface area contributed by atoms with E-state index < -0.39 is 0 Å². The lowest BCUT2D eigenvalue weighted by Gasteiger charge is -2.37. The molecule has 2 nitrogen and oxygen atoms in total. The van der Waals surface area contributed by atoms with E-state index in [1.54, 1.807) is 7.11 Å². The topological polar surface area (TPSA) is 21.3 Å². The lowest BCUT2D eigenvalue weighted by molar-refractivity contribution is 0.215. The minimum atomic E-state index is 0.144. The largest absolute Gasteiger partial charge is 0.497 e. The number of hydrogen-bond acceptors (Lipinski definition) is 2. The molecule has 1 aromatic carbocycles. The van der Waals surface area contributed by atoms with Crippen LogP contribution in [0, 0.1) is 11.3 Å². The monoisotopic (exact) mass is 289 g/mol. The second-order valence-corrected chi connectivity index (χ2v) is 8.35. The fourth-order valence-corrected chi connectivity index (χ4v) is 3.51. The second kappa shape index (κ2) is 6.00. The Morgan fingerprint density at radius 3 is 2.10 bits per heavy atom. The fourth-order valence-electron chi connectivity index (χ4n) is 3.51. The Hall–Kier alpha value is -1.02. The molecule has 0 aromatic heterocycles. The minimum Gasteiger partial charge on any atom is -0.497 e. The fraction of sp³-hybridized carbons (Fsp3) is 0.684. The molecule has 118 valence electrons. The third-order valence-corrected chi connectivity index (χ3v) is 4.09. The van der Waals surface area contributed by atoms with Crippen molar-refractivity contribution < 1.29 is 4.74 Å². The van der Waals surface area contributed by atoms with Gasteiger partial charge in [-0.05, 0) is 62.1 Å². The first-order valence-corrected chi connectivity index (χ1v) is 8.12. The SMILES string of the molecule is COc1ccc(C(NC(C)(C)CC(C)(C)C)C2CC2)cc1. The minimum absolute atomic E-state index is 0.144. The van der Waals surface area contributed by atoms with Crippen molar-refractivity contribution in [3.63, 3.8) is 0 Å². The molecule has 0 radical (unpaired) electrons. The van der Waals surface area contributed by atoms with Crippen LogP contribution in [0.15, 0.2) is 24.3 Å². The third kappa shape index (κ3) is 5.03. The Morgan fingerprint density at radius 1 is 1.10 bits per heavy atom. The molecule has 1 fully saturated rings. The van der Waals surface area contributed by atoms with E-state index in [1.807, 2.05) is 0 Å². The van der Waals surface area contributed by atoms with Crippen molar-refractivity contribution in [2.45, 2.75) is 65.5 Å². The van der Waals surface area contributed by atoms with Crippen LogP contribution in [0.1, 0.15) is 65.5 Å². The van der Waals surface area contributed by atoms with Crippen LogP contribution in [-0.4, -0.2) is 12.6 Å². The summed E-state index contributed by atoms with van der Waals surface area (Å²) in [5, 5.41) is 3.92. The summed E-state index contributed by atoms with van der Waals surface area (Å²) in [6, 6.07) is 9.03. The van der Waals surface area contributed by atoms with Crippen molar-refractivity contribution in [1.82, 2.24) is 5.32 Å². The maximum absolute atomic E-state index is 5.27. The molecule has 1 aromatic rings. The molecule has 0 amide bonds. The summed E-state index contributed by atoms with van der Waals surface area (Å²) < 4.78 is 5.27. The normalized spacial score (nSPS) is 17.6. The quantitative estimate of drug-likeness (QED) is 0.800. The van der Waals surface area contributed by atoms with Gasteiger partial charge in [-0.3, -0.25) is 0 Å². The van der Waals surface area contributed by atoms with Crippen molar-refractivity contribution in [3.05, 3.63) is 29.8 Å². The number of benzene rings is 1. The number of ether oxygens (including phenoxy) is 1. The molecule has 1 atom stereocenters. The molecule has 1 aliphatic carbocycles. The number of hydrogen-bond donors (Lipinski definition) is 1. The zero-order valence-electron chi connectivity index (χ0n) is 14.5. The molecule has 0 aliphatic heterocycles. The van der Waals surface area contributed by atoms with E-state index in [4.69, 9.17) is 4.74 Å². The predicted molar refractivity (Wildman–Crippen MR) is 89.7 cm³/mol. The summed E-state index contributed by atoms with van der Waals surface area (Å²) in [5.41, 5.74) is 1.87. The van der Waals surface area contributed by atoms with E-state index in [-0.39, 0.29) is 5.54 Å². The first-order chi connectivity index (χ1) is 9.70. The van der Waals surface area contributed by atoms with E-state index in [2.05, 4.69) is 64.2 Å². The summed E-state index contributed by atoms with van der Waals surface area (Å²) in [6.07, 6.45) is 3.85. The lowest BCUT2D eigenvalue weighted by atomic mass is 9.81. The first-order valence-electron chi connectivity index (χ1n) is 8.12. The van der Waals surface area contributed by atoms with Gasteiger partial charge in [0, 0.05) is 11.6 Å². The highest BCUT2D eigenvalue weighted by Crippen LogP contribution is 2.43. The molecular formula is C19H31NO.